The summed E-state index contributed by atoms with van der Waals surface area (Å²) in [5.74, 6) is -0.262. The first-order chi connectivity index (χ1) is 13.8. The van der Waals surface area contributed by atoms with Crippen molar-refractivity contribution in [2.45, 2.75) is 17.7 Å². The zero-order valence-corrected chi connectivity index (χ0v) is 16.7. The maximum Gasteiger partial charge on any atom is 0.242 e. The third-order valence-corrected chi connectivity index (χ3v) is 5.94. The predicted octanol–water partition coefficient (Wildman–Crippen LogP) is 1.72. The molecule has 154 valence electrons. The molecule has 1 amide bonds. The minimum atomic E-state index is -3.72. The number of halogens is 1. The first kappa shape index (κ1) is 22.3. The molecule has 0 fully saturated rings. The Bertz CT molecular complexity index is 974. The number of nitrogens with zero attached hydrogens (tertiary/aromatic N) is 3. The lowest BCUT2D eigenvalue weighted by Gasteiger charge is -2.17. The molecule has 1 aromatic heterocycles. The van der Waals surface area contributed by atoms with Gasteiger partial charge in [-0.3, -0.25) is 4.79 Å². The number of sulfonamides is 1. The van der Waals surface area contributed by atoms with Gasteiger partial charge in [0.15, 0.2) is 0 Å². The van der Waals surface area contributed by atoms with E-state index in [9.17, 15) is 17.6 Å². The maximum absolute atomic E-state index is 13.0. The summed E-state index contributed by atoms with van der Waals surface area (Å²) in [6.07, 6.45) is 2.07. The summed E-state index contributed by atoms with van der Waals surface area (Å²) >= 11 is 0. The number of aromatic nitrogens is 1. The number of amides is 1. The van der Waals surface area contributed by atoms with E-state index in [2.05, 4.69) is 15.6 Å². The third-order valence-electron chi connectivity index (χ3n) is 4.07. The van der Waals surface area contributed by atoms with Crippen molar-refractivity contribution in [1.29, 1.82) is 5.26 Å². The molecule has 2 rings (SSSR count). The highest BCUT2D eigenvalue weighted by Crippen LogP contribution is 2.15. The zero-order valence-electron chi connectivity index (χ0n) is 15.9. The lowest BCUT2D eigenvalue weighted by Crippen LogP contribution is -2.31. The summed E-state index contributed by atoms with van der Waals surface area (Å²) in [4.78, 5) is 16.0. The molecule has 0 aliphatic carbocycles. The van der Waals surface area contributed by atoms with Gasteiger partial charge in [0, 0.05) is 39.3 Å². The number of hydrogen-bond acceptors (Lipinski definition) is 6. The van der Waals surface area contributed by atoms with E-state index in [0.717, 1.165) is 16.4 Å². The van der Waals surface area contributed by atoms with Gasteiger partial charge in [-0.25, -0.2) is 22.1 Å². The second-order valence-corrected chi connectivity index (χ2v) is 8.22. The van der Waals surface area contributed by atoms with Gasteiger partial charge in [0.1, 0.15) is 17.7 Å². The van der Waals surface area contributed by atoms with E-state index in [1.807, 2.05) is 6.07 Å². The van der Waals surface area contributed by atoms with Crippen LogP contribution >= 0.6 is 0 Å². The first-order valence-corrected chi connectivity index (χ1v) is 10.4. The maximum atomic E-state index is 13.0. The molecule has 2 aromatic rings. The van der Waals surface area contributed by atoms with Crippen LogP contribution in [0.2, 0.25) is 0 Å². The molecule has 0 radical (unpaired) electrons. The Hall–Kier alpha value is -3.03. The second-order valence-electron chi connectivity index (χ2n) is 6.17. The minimum absolute atomic E-state index is 0.00295. The molecule has 0 spiro atoms. The standard InChI is InChI=1S/C19H22FN5O3S/c1-25(29(27,28)17-8-6-16(20)7-9-17)13-3-5-18(26)22-11-12-24-19-15(14-21)4-2-10-23-19/h2,4,6-10H,3,5,11-13H2,1H3,(H,22,26)(H,23,24). The van der Waals surface area contributed by atoms with Gasteiger partial charge in [-0.1, -0.05) is 0 Å². The molecule has 0 bridgehead atoms. The fourth-order valence-corrected chi connectivity index (χ4v) is 3.69. The molecule has 1 aromatic carbocycles. The highest BCUT2D eigenvalue weighted by molar-refractivity contribution is 7.89. The number of anilines is 1. The van der Waals surface area contributed by atoms with Crippen LogP contribution in [0.25, 0.3) is 0 Å². The van der Waals surface area contributed by atoms with Crippen molar-refractivity contribution in [1.82, 2.24) is 14.6 Å². The second kappa shape index (κ2) is 10.5. The Kier molecular flexibility index (Phi) is 8.06. The Labute approximate surface area is 169 Å². The van der Waals surface area contributed by atoms with E-state index < -0.39 is 15.8 Å². The van der Waals surface area contributed by atoms with Gasteiger partial charge in [-0.05, 0) is 42.8 Å². The topological polar surface area (TPSA) is 115 Å². The molecular formula is C19H22FN5O3S. The van der Waals surface area contributed by atoms with Crippen molar-refractivity contribution in [3.05, 3.63) is 54.0 Å². The Balaban J connectivity index is 1.70. The van der Waals surface area contributed by atoms with E-state index in [0.29, 0.717) is 30.9 Å². The van der Waals surface area contributed by atoms with Crippen LogP contribution in [0.15, 0.2) is 47.5 Å². The van der Waals surface area contributed by atoms with Gasteiger partial charge < -0.3 is 10.6 Å². The quantitative estimate of drug-likeness (QED) is 0.567. The Morgan fingerprint density at radius 3 is 2.66 bits per heavy atom. The van der Waals surface area contributed by atoms with Gasteiger partial charge in [0.05, 0.1) is 10.5 Å². The van der Waals surface area contributed by atoms with Crippen LogP contribution in [0.4, 0.5) is 10.2 Å². The highest BCUT2D eigenvalue weighted by Gasteiger charge is 2.20. The number of pyridine rings is 1. The SMILES string of the molecule is CN(CCCC(=O)NCCNc1ncccc1C#N)S(=O)(=O)c1ccc(F)cc1. The van der Waals surface area contributed by atoms with Crippen LogP contribution < -0.4 is 10.6 Å². The van der Waals surface area contributed by atoms with Crippen LogP contribution in [0.3, 0.4) is 0 Å². The number of carbonyl (C=O) groups is 1. The van der Waals surface area contributed by atoms with Crippen LogP contribution in [0.1, 0.15) is 18.4 Å². The summed E-state index contributed by atoms with van der Waals surface area (Å²) in [5.41, 5.74) is 0.421. The summed E-state index contributed by atoms with van der Waals surface area (Å²) in [5, 5.41) is 14.7. The van der Waals surface area contributed by atoms with Gasteiger partial charge in [0.25, 0.3) is 0 Å². The lowest BCUT2D eigenvalue weighted by molar-refractivity contribution is -0.121. The van der Waals surface area contributed by atoms with Crippen molar-refractivity contribution in [3.8, 4) is 6.07 Å². The molecule has 0 saturated heterocycles. The molecule has 2 N–H and O–H groups in total. The number of carbonyl (C=O) groups excluding carboxylic acids is 1. The van der Waals surface area contributed by atoms with Crippen LogP contribution in [0, 0.1) is 17.1 Å². The molecule has 1 heterocycles. The predicted molar refractivity (Wildman–Crippen MR) is 106 cm³/mol. The fourth-order valence-electron chi connectivity index (χ4n) is 2.48. The lowest BCUT2D eigenvalue weighted by atomic mass is 10.3. The molecule has 0 aliphatic rings. The molecular weight excluding hydrogens is 397 g/mol. The molecule has 8 nitrogen and oxygen atoms in total. The highest BCUT2D eigenvalue weighted by atomic mass is 32.2. The summed E-state index contributed by atoms with van der Waals surface area (Å²) in [7, 11) is -2.30. The zero-order chi connectivity index (χ0) is 21.3. The Morgan fingerprint density at radius 1 is 1.24 bits per heavy atom. The fraction of sp³-hybridized carbons (Fsp3) is 0.316. The van der Waals surface area contributed by atoms with E-state index in [1.54, 1.807) is 18.3 Å². The van der Waals surface area contributed by atoms with E-state index in [4.69, 9.17) is 5.26 Å². The number of rotatable bonds is 10. The van der Waals surface area contributed by atoms with Crippen molar-refractivity contribution in [2.24, 2.45) is 0 Å². The molecule has 10 heteroatoms. The van der Waals surface area contributed by atoms with Gasteiger partial charge in [-0.15, -0.1) is 0 Å². The summed E-state index contributed by atoms with van der Waals surface area (Å²) < 4.78 is 38.9. The molecule has 0 atom stereocenters. The summed E-state index contributed by atoms with van der Waals surface area (Å²) in [6.45, 7) is 0.894. The van der Waals surface area contributed by atoms with Crippen molar-refractivity contribution in [3.63, 3.8) is 0 Å². The van der Waals surface area contributed by atoms with Crippen molar-refractivity contribution in [2.75, 3.05) is 32.0 Å². The number of nitriles is 1. The molecule has 29 heavy (non-hydrogen) atoms. The summed E-state index contributed by atoms with van der Waals surface area (Å²) in [6, 6.07) is 9.93. The normalized spacial score (nSPS) is 11.1. The average Bonchev–Trinajstić information content (AvgIpc) is 2.71. The van der Waals surface area contributed by atoms with Crippen molar-refractivity contribution >= 4 is 21.7 Å². The smallest absolute Gasteiger partial charge is 0.242 e. The number of hydrogen-bond donors (Lipinski definition) is 2. The monoisotopic (exact) mass is 419 g/mol. The van der Waals surface area contributed by atoms with Crippen LogP contribution in [0.5, 0.6) is 0 Å². The Morgan fingerprint density at radius 2 is 1.97 bits per heavy atom. The first-order valence-electron chi connectivity index (χ1n) is 8.92. The van der Waals surface area contributed by atoms with Crippen LogP contribution in [-0.2, 0) is 14.8 Å². The van der Waals surface area contributed by atoms with Gasteiger partial charge in [0.2, 0.25) is 15.9 Å². The van der Waals surface area contributed by atoms with E-state index in [-0.39, 0.29) is 23.8 Å². The number of benzene rings is 1. The molecule has 0 aliphatic heterocycles. The minimum Gasteiger partial charge on any atom is -0.367 e. The van der Waals surface area contributed by atoms with Gasteiger partial charge >= 0.3 is 0 Å². The van der Waals surface area contributed by atoms with E-state index >= 15 is 0 Å². The van der Waals surface area contributed by atoms with Crippen LogP contribution in [-0.4, -0.2) is 50.3 Å². The molecule has 0 saturated carbocycles. The van der Waals surface area contributed by atoms with Crippen molar-refractivity contribution < 1.29 is 17.6 Å². The molecule has 0 unspecified atom stereocenters. The average molecular weight is 419 g/mol. The number of nitrogens with one attached hydrogen (secondary N) is 2. The van der Waals surface area contributed by atoms with E-state index in [1.165, 1.54) is 19.2 Å². The third kappa shape index (κ3) is 6.51. The van der Waals surface area contributed by atoms with Gasteiger partial charge in [-0.2, -0.15) is 5.26 Å². The largest absolute Gasteiger partial charge is 0.367 e.